The van der Waals surface area contributed by atoms with Gasteiger partial charge >= 0.3 is 0 Å². The third-order valence-corrected chi connectivity index (χ3v) is 3.63. The Labute approximate surface area is 121 Å². The van der Waals surface area contributed by atoms with Crippen LogP contribution in [0.1, 0.15) is 31.9 Å². The Morgan fingerprint density at radius 3 is 2.55 bits per heavy atom. The van der Waals surface area contributed by atoms with Crippen molar-refractivity contribution in [3.63, 3.8) is 0 Å². The normalized spacial score (nSPS) is 13.7. The number of hydrogen-bond acceptors (Lipinski definition) is 2. The summed E-state index contributed by atoms with van der Waals surface area (Å²) in [5, 5.41) is 5.86. The van der Waals surface area contributed by atoms with Crippen LogP contribution in [0, 0.1) is 12.3 Å². The average Bonchev–Trinajstić information content (AvgIpc) is 2.51. The molecule has 0 aliphatic heterocycles. The van der Waals surface area contributed by atoms with Crippen molar-refractivity contribution >= 4 is 10.8 Å². The highest BCUT2D eigenvalue weighted by Gasteiger charge is 2.10. The van der Waals surface area contributed by atoms with Gasteiger partial charge in [-0.25, -0.2) is 0 Å². The molecule has 1 N–H and O–H groups in total. The van der Waals surface area contributed by atoms with Gasteiger partial charge in [0, 0.05) is 6.04 Å². The summed E-state index contributed by atoms with van der Waals surface area (Å²) in [4.78, 5) is 0. The van der Waals surface area contributed by atoms with E-state index in [1.54, 1.807) is 7.11 Å². The van der Waals surface area contributed by atoms with Gasteiger partial charge in [-0.3, -0.25) is 5.32 Å². The second kappa shape index (κ2) is 6.45. The summed E-state index contributed by atoms with van der Waals surface area (Å²) >= 11 is 0. The van der Waals surface area contributed by atoms with Gasteiger partial charge in [-0.2, -0.15) is 0 Å². The minimum absolute atomic E-state index is 0.122. The zero-order valence-corrected chi connectivity index (χ0v) is 12.3. The van der Waals surface area contributed by atoms with Crippen LogP contribution in [0.4, 0.5) is 0 Å². The van der Waals surface area contributed by atoms with Gasteiger partial charge in [0.1, 0.15) is 5.75 Å². The molecule has 20 heavy (non-hydrogen) atoms. The molecule has 2 aromatic carbocycles. The summed E-state index contributed by atoms with van der Waals surface area (Å²) < 4.78 is 5.25. The first-order chi connectivity index (χ1) is 9.67. The highest BCUT2D eigenvalue weighted by atomic mass is 16.5. The maximum absolute atomic E-state index is 5.51. The standard InChI is InChI=1S/C18H21NO/c1-5-17(6-2)19-13(3)14-7-8-16-12-18(20-4)10-9-15(16)11-14/h1,7-13,17,19H,6H2,2-4H3. The Morgan fingerprint density at radius 1 is 1.20 bits per heavy atom. The first-order valence-electron chi connectivity index (χ1n) is 6.97. The number of ether oxygens (including phenoxy) is 1. The fourth-order valence-corrected chi connectivity index (χ4v) is 2.32. The first kappa shape index (κ1) is 14.4. The van der Waals surface area contributed by atoms with E-state index < -0.39 is 0 Å². The van der Waals surface area contributed by atoms with Gasteiger partial charge in [0.15, 0.2) is 0 Å². The van der Waals surface area contributed by atoms with Crippen LogP contribution in [0.3, 0.4) is 0 Å². The van der Waals surface area contributed by atoms with Crippen LogP contribution < -0.4 is 10.1 Å². The molecular formula is C18H21NO. The predicted octanol–water partition coefficient (Wildman–Crippen LogP) is 3.91. The lowest BCUT2D eigenvalue weighted by Crippen LogP contribution is -2.29. The number of nitrogens with one attached hydrogen (secondary N) is 1. The van der Waals surface area contributed by atoms with Crippen LogP contribution >= 0.6 is 0 Å². The van der Waals surface area contributed by atoms with E-state index in [9.17, 15) is 0 Å². The van der Waals surface area contributed by atoms with E-state index in [1.807, 2.05) is 12.1 Å². The van der Waals surface area contributed by atoms with E-state index in [-0.39, 0.29) is 12.1 Å². The van der Waals surface area contributed by atoms with Gasteiger partial charge in [0.25, 0.3) is 0 Å². The van der Waals surface area contributed by atoms with Crippen molar-refractivity contribution in [2.75, 3.05) is 7.11 Å². The molecule has 0 aliphatic carbocycles. The van der Waals surface area contributed by atoms with Crippen molar-refractivity contribution in [2.45, 2.75) is 32.4 Å². The minimum atomic E-state index is 0.122. The van der Waals surface area contributed by atoms with Crippen molar-refractivity contribution < 1.29 is 4.74 Å². The summed E-state index contributed by atoms with van der Waals surface area (Å²) in [5.74, 6) is 3.66. The topological polar surface area (TPSA) is 21.3 Å². The summed E-state index contributed by atoms with van der Waals surface area (Å²) in [7, 11) is 1.69. The maximum atomic E-state index is 5.51. The van der Waals surface area contributed by atoms with Crippen LogP contribution in [-0.4, -0.2) is 13.2 Å². The molecule has 0 aliphatic rings. The van der Waals surface area contributed by atoms with Gasteiger partial charge in [0.2, 0.25) is 0 Å². The number of terminal acetylenes is 1. The Hall–Kier alpha value is -1.98. The van der Waals surface area contributed by atoms with Crippen LogP contribution in [0.25, 0.3) is 10.8 Å². The van der Waals surface area contributed by atoms with E-state index in [1.165, 1.54) is 16.3 Å². The molecule has 2 nitrogen and oxygen atoms in total. The zero-order valence-electron chi connectivity index (χ0n) is 12.3. The number of fused-ring (bicyclic) bond motifs is 1. The van der Waals surface area contributed by atoms with Crippen molar-refractivity contribution in [3.8, 4) is 18.1 Å². The Balaban J connectivity index is 2.25. The highest BCUT2D eigenvalue weighted by molar-refractivity contribution is 5.84. The lowest BCUT2D eigenvalue weighted by Gasteiger charge is -2.19. The molecule has 0 amide bonds. The summed E-state index contributed by atoms with van der Waals surface area (Å²) in [6.07, 6.45) is 6.44. The van der Waals surface area contributed by atoms with Gasteiger partial charge in [-0.1, -0.05) is 31.0 Å². The molecule has 2 rings (SSSR count). The van der Waals surface area contributed by atoms with Gasteiger partial charge < -0.3 is 4.74 Å². The first-order valence-corrected chi connectivity index (χ1v) is 6.97. The van der Waals surface area contributed by atoms with Crippen LogP contribution in [0.15, 0.2) is 36.4 Å². The molecular weight excluding hydrogens is 246 g/mol. The quantitative estimate of drug-likeness (QED) is 0.829. The van der Waals surface area contributed by atoms with Crippen LogP contribution in [-0.2, 0) is 0 Å². The molecule has 0 saturated carbocycles. The molecule has 2 unspecified atom stereocenters. The molecule has 0 radical (unpaired) electrons. The predicted molar refractivity (Wildman–Crippen MR) is 85.0 cm³/mol. The van der Waals surface area contributed by atoms with Gasteiger partial charge in [0.05, 0.1) is 13.2 Å². The number of benzene rings is 2. The summed E-state index contributed by atoms with van der Waals surface area (Å²) in [6, 6.07) is 13.0. The van der Waals surface area contributed by atoms with Crippen molar-refractivity contribution in [1.82, 2.24) is 5.32 Å². The van der Waals surface area contributed by atoms with E-state index in [2.05, 4.69) is 49.4 Å². The smallest absolute Gasteiger partial charge is 0.119 e. The Morgan fingerprint density at radius 2 is 1.90 bits per heavy atom. The number of methoxy groups -OCH3 is 1. The van der Waals surface area contributed by atoms with Crippen LogP contribution in [0.2, 0.25) is 0 Å². The number of hydrogen-bond donors (Lipinski definition) is 1. The lowest BCUT2D eigenvalue weighted by atomic mass is 10.0. The Kier molecular flexibility index (Phi) is 4.65. The maximum Gasteiger partial charge on any atom is 0.119 e. The molecule has 2 heteroatoms. The molecule has 2 aromatic rings. The second-order valence-electron chi connectivity index (χ2n) is 4.99. The number of rotatable bonds is 5. The lowest BCUT2D eigenvalue weighted by molar-refractivity contribution is 0.415. The van der Waals surface area contributed by atoms with Crippen molar-refractivity contribution in [3.05, 3.63) is 42.0 Å². The van der Waals surface area contributed by atoms with Crippen molar-refractivity contribution in [1.29, 1.82) is 0 Å². The molecule has 0 fully saturated rings. The summed E-state index contributed by atoms with van der Waals surface area (Å²) in [5.41, 5.74) is 1.25. The molecule has 0 aromatic heterocycles. The SMILES string of the molecule is C#CC(CC)NC(C)c1ccc2cc(OC)ccc2c1. The third-order valence-electron chi connectivity index (χ3n) is 3.63. The van der Waals surface area contributed by atoms with Gasteiger partial charge in [-0.15, -0.1) is 6.42 Å². The third kappa shape index (κ3) is 3.12. The van der Waals surface area contributed by atoms with E-state index in [0.29, 0.717) is 0 Å². The highest BCUT2D eigenvalue weighted by Crippen LogP contribution is 2.24. The Bertz CT molecular complexity index is 627. The minimum Gasteiger partial charge on any atom is -0.497 e. The van der Waals surface area contributed by atoms with Gasteiger partial charge in [-0.05, 0) is 47.9 Å². The zero-order chi connectivity index (χ0) is 14.5. The molecule has 0 bridgehead atoms. The fraction of sp³-hybridized carbons (Fsp3) is 0.333. The largest absolute Gasteiger partial charge is 0.497 e. The molecule has 104 valence electrons. The van der Waals surface area contributed by atoms with Crippen LogP contribution in [0.5, 0.6) is 5.75 Å². The van der Waals surface area contributed by atoms with Crippen molar-refractivity contribution in [2.24, 2.45) is 0 Å². The van der Waals surface area contributed by atoms with E-state index in [4.69, 9.17) is 11.2 Å². The molecule has 2 atom stereocenters. The van der Waals surface area contributed by atoms with E-state index >= 15 is 0 Å². The van der Waals surface area contributed by atoms with E-state index in [0.717, 1.165) is 12.2 Å². The fourth-order valence-electron chi connectivity index (χ4n) is 2.32. The average molecular weight is 267 g/mol. The molecule has 0 heterocycles. The monoisotopic (exact) mass is 267 g/mol. The second-order valence-corrected chi connectivity index (χ2v) is 4.99. The summed E-state index contributed by atoms with van der Waals surface area (Å²) in [6.45, 7) is 4.24. The molecule has 0 spiro atoms. The molecule has 0 saturated heterocycles.